The van der Waals surface area contributed by atoms with Gasteiger partial charge in [-0.2, -0.15) is 0 Å². The van der Waals surface area contributed by atoms with E-state index in [-0.39, 0.29) is 6.04 Å². The molecule has 2 N–H and O–H groups in total. The van der Waals surface area contributed by atoms with E-state index >= 15 is 0 Å². The molecule has 0 heterocycles. The lowest BCUT2D eigenvalue weighted by atomic mass is 10.1. The minimum atomic E-state index is 0.214. The topological polar surface area (TPSA) is 29.3 Å². The Labute approximate surface area is 105 Å². The lowest BCUT2D eigenvalue weighted by molar-refractivity contribution is 0.306. The van der Waals surface area contributed by atoms with Crippen molar-refractivity contribution in [2.24, 2.45) is 5.73 Å². The van der Waals surface area contributed by atoms with Crippen molar-refractivity contribution in [3.8, 4) is 0 Å². The van der Waals surface area contributed by atoms with Gasteiger partial charge in [0, 0.05) is 12.6 Å². The van der Waals surface area contributed by atoms with Gasteiger partial charge in [0.25, 0.3) is 0 Å². The molecule has 1 atom stereocenters. The third-order valence-corrected chi connectivity index (χ3v) is 2.83. The van der Waals surface area contributed by atoms with Crippen molar-refractivity contribution in [2.45, 2.75) is 25.3 Å². The number of rotatable bonds is 8. The molecule has 0 radical (unpaired) electrons. The zero-order valence-corrected chi connectivity index (χ0v) is 10.8. The van der Waals surface area contributed by atoms with Gasteiger partial charge in [0.1, 0.15) is 0 Å². The number of benzene rings is 1. The van der Waals surface area contributed by atoms with Crippen LogP contribution in [0.5, 0.6) is 0 Å². The van der Waals surface area contributed by atoms with E-state index in [1.807, 2.05) is 12.1 Å². The number of nitrogens with zero attached hydrogens (tertiary/aromatic N) is 1. The number of hydrogen-bond acceptors (Lipinski definition) is 2. The van der Waals surface area contributed by atoms with Crippen LogP contribution >= 0.6 is 0 Å². The first-order chi connectivity index (χ1) is 8.22. The van der Waals surface area contributed by atoms with Gasteiger partial charge in [0.2, 0.25) is 0 Å². The van der Waals surface area contributed by atoms with Crippen molar-refractivity contribution in [1.29, 1.82) is 0 Å². The Morgan fingerprint density at radius 3 is 2.71 bits per heavy atom. The molecular formula is C15H24N2. The van der Waals surface area contributed by atoms with E-state index < -0.39 is 0 Å². The molecule has 0 aliphatic carbocycles. The van der Waals surface area contributed by atoms with E-state index in [0.717, 1.165) is 32.4 Å². The highest BCUT2D eigenvalue weighted by molar-refractivity contribution is 5.15. The first-order valence-corrected chi connectivity index (χ1v) is 6.31. The van der Waals surface area contributed by atoms with Crippen molar-refractivity contribution in [1.82, 2.24) is 4.90 Å². The number of likely N-dealkylation sites (N-methyl/N-ethyl adjacent to an activating group) is 1. The molecule has 0 saturated heterocycles. The van der Waals surface area contributed by atoms with Crippen LogP contribution in [0.2, 0.25) is 0 Å². The van der Waals surface area contributed by atoms with Crippen LogP contribution in [0.4, 0.5) is 0 Å². The molecule has 0 fully saturated rings. The maximum atomic E-state index is 6.15. The van der Waals surface area contributed by atoms with Gasteiger partial charge in [0.05, 0.1) is 0 Å². The summed E-state index contributed by atoms with van der Waals surface area (Å²) >= 11 is 0. The lowest BCUT2D eigenvalue weighted by Gasteiger charge is -2.21. The van der Waals surface area contributed by atoms with Gasteiger partial charge >= 0.3 is 0 Å². The summed E-state index contributed by atoms with van der Waals surface area (Å²) in [5, 5.41) is 0. The second kappa shape index (κ2) is 8.04. The summed E-state index contributed by atoms with van der Waals surface area (Å²) in [4.78, 5) is 2.30. The SMILES string of the molecule is C=CCCCN(C)CC(N)Cc1ccccc1. The van der Waals surface area contributed by atoms with Crippen molar-refractivity contribution >= 4 is 0 Å². The van der Waals surface area contributed by atoms with Crippen molar-refractivity contribution in [3.63, 3.8) is 0 Å². The Morgan fingerprint density at radius 2 is 2.06 bits per heavy atom. The number of nitrogens with two attached hydrogens (primary N) is 1. The van der Waals surface area contributed by atoms with E-state index in [2.05, 4.69) is 42.8 Å². The first kappa shape index (κ1) is 13.9. The van der Waals surface area contributed by atoms with E-state index in [1.165, 1.54) is 5.56 Å². The zero-order valence-electron chi connectivity index (χ0n) is 10.8. The highest BCUT2D eigenvalue weighted by Crippen LogP contribution is 2.03. The van der Waals surface area contributed by atoms with E-state index in [1.54, 1.807) is 0 Å². The fourth-order valence-corrected chi connectivity index (χ4v) is 1.98. The molecule has 0 aromatic heterocycles. The van der Waals surface area contributed by atoms with Crippen LogP contribution in [0.25, 0.3) is 0 Å². The van der Waals surface area contributed by atoms with Gasteiger partial charge in [0.15, 0.2) is 0 Å². The summed E-state index contributed by atoms with van der Waals surface area (Å²) in [5.74, 6) is 0. The minimum Gasteiger partial charge on any atom is -0.326 e. The molecule has 0 spiro atoms. The molecule has 17 heavy (non-hydrogen) atoms. The second-order valence-corrected chi connectivity index (χ2v) is 4.64. The van der Waals surface area contributed by atoms with Crippen LogP contribution in [-0.2, 0) is 6.42 Å². The normalized spacial score (nSPS) is 12.6. The van der Waals surface area contributed by atoms with E-state index in [9.17, 15) is 0 Å². The maximum absolute atomic E-state index is 6.15. The van der Waals surface area contributed by atoms with Crippen LogP contribution in [0.1, 0.15) is 18.4 Å². The Morgan fingerprint density at radius 1 is 1.35 bits per heavy atom. The fourth-order valence-electron chi connectivity index (χ4n) is 1.98. The summed E-state index contributed by atoms with van der Waals surface area (Å²) in [6.45, 7) is 5.77. The number of unbranched alkanes of at least 4 members (excludes halogenated alkanes) is 1. The summed E-state index contributed by atoms with van der Waals surface area (Å²) in [7, 11) is 2.13. The van der Waals surface area contributed by atoms with Crippen molar-refractivity contribution in [2.75, 3.05) is 20.1 Å². The van der Waals surface area contributed by atoms with E-state index in [4.69, 9.17) is 5.73 Å². The van der Waals surface area contributed by atoms with Crippen LogP contribution < -0.4 is 5.73 Å². The first-order valence-electron chi connectivity index (χ1n) is 6.31. The molecule has 0 aliphatic rings. The Kier molecular flexibility index (Phi) is 6.60. The van der Waals surface area contributed by atoms with Crippen LogP contribution in [-0.4, -0.2) is 31.1 Å². The van der Waals surface area contributed by atoms with Gasteiger partial charge in [-0.05, 0) is 38.4 Å². The van der Waals surface area contributed by atoms with Gasteiger partial charge in [-0.25, -0.2) is 0 Å². The molecule has 0 saturated carbocycles. The largest absolute Gasteiger partial charge is 0.326 e. The molecule has 2 heteroatoms. The quantitative estimate of drug-likeness (QED) is 0.551. The zero-order chi connectivity index (χ0) is 12.5. The molecule has 1 aromatic carbocycles. The highest BCUT2D eigenvalue weighted by Gasteiger charge is 2.07. The van der Waals surface area contributed by atoms with Gasteiger partial charge < -0.3 is 10.6 Å². The molecule has 1 aromatic rings. The van der Waals surface area contributed by atoms with Crippen LogP contribution in [0.3, 0.4) is 0 Å². The molecule has 0 aliphatic heterocycles. The lowest BCUT2D eigenvalue weighted by Crippen LogP contribution is -2.37. The van der Waals surface area contributed by atoms with Gasteiger partial charge in [-0.3, -0.25) is 0 Å². The van der Waals surface area contributed by atoms with Crippen molar-refractivity contribution < 1.29 is 0 Å². The summed E-state index contributed by atoms with van der Waals surface area (Å²) in [5.41, 5.74) is 7.47. The summed E-state index contributed by atoms with van der Waals surface area (Å²) in [6, 6.07) is 10.7. The monoisotopic (exact) mass is 232 g/mol. The molecule has 1 rings (SSSR count). The average Bonchev–Trinajstić information content (AvgIpc) is 2.30. The minimum absolute atomic E-state index is 0.214. The average molecular weight is 232 g/mol. The van der Waals surface area contributed by atoms with Gasteiger partial charge in [-0.1, -0.05) is 36.4 Å². The third kappa shape index (κ3) is 6.25. The molecule has 0 bridgehead atoms. The molecular weight excluding hydrogens is 208 g/mol. The Bertz CT molecular complexity index is 308. The van der Waals surface area contributed by atoms with Crippen LogP contribution in [0, 0.1) is 0 Å². The maximum Gasteiger partial charge on any atom is 0.0208 e. The standard InChI is InChI=1S/C15H24N2/c1-3-4-8-11-17(2)13-15(16)12-14-9-6-5-7-10-14/h3,5-7,9-10,15H,1,4,8,11-13,16H2,2H3. The van der Waals surface area contributed by atoms with Crippen LogP contribution in [0.15, 0.2) is 43.0 Å². The number of hydrogen-bond donors (Lipinski definition) is 1. The molecule has 0 amide bonds. The predicted molar refractivity (Wildman–Crippen MR) is 75.0 cm³/mol. The predicted octanol–water partition coefficient (Wildman–Crippen LogP) is 2.45. The Balaban J connectivity index is 2.24. The number of allylic oxidation sites excluding steroid dienone is 1. The highest BCUT2D eigenvalue weighted by atomic mass is 15.1. The Hall–Kier alpha value is -1.12. The van der Waals surface area contributed by atoms with E-state index in [0.29, 0.717) is 0 Å². The third-order valence-electron chi connectivity index (χ3n) is 2.83. The summed E-state index contributed by atoms with van der Waals surface area (Å²) < 4.78 is 0. The second-order valence-electron chi connectivity index (χ2n) is 4.64. The molecule has 2 nitrogen and oxygen atoms in total. The molecule has 94 valence electrons. The van der Waals surface area contributed by atoms with Crippen molar-refractivity contribution in [3.05, 3.63) is 48.6 Å². The fraction of sp³-hybridized carbons (Fsp3) is 0.467. The van der Waals surface area contributed by atoms with Gasteiger partial charge in [-0.15, -0.1) is 6.58 Å². The summed E-state index contributed by atoms with van der Waals surface area (Å²) in [6.07, 6.45) is 5.17. The smallest absolute Gasteiger partial charge is 0.0208 e. The molecule has 1 unspecified atom stereocenters.